The highest BCUT2D eigenvalue weighted by atomic mass is 31.2. The number of fused-ring (bicyclic) bond motifs is 1. The molecule has 0 N–H and O–H groups in total. The number of hydrogen-bond acceptors (Lipinski definition) is 3. The van der Waals surface area contributed by atoms with Gasteiger partial charge in [-0.3, -0.25) is 9.05 Å². The summed E-state index contributed by atoms with van der Waals surface area (Å²) < 4.78 is 25.1. The Morgan fingerprint density at radius 2 is 1.60 bits per heavy atom. The maximum atomic E-state index is 12.4. The summed E-state index contributed by atoms with van der Waals surface area (Å²) in [6, 6.07) is 0.922. The summed E-state index contributed by atoms with van der Waals surface area (Å²) in [6.45, 7) is 4.62. The normalized spacial score (nSPS) is 34.9. The molecule has 2 unspecified atom stereocenters. The van der Waals surface area contributed by atoms with E-state index in [0.29, 0.717) is 25.3 Å². The molecule has 1 saturated carbocycles. The maximum absolute atomic E-state index is 12.4. The molecular formula is C10H20NO3P. The fraction of sp³-hybridized carbons (Fsp3) is 1.00. The Morgan fingerprint density at radius 1 is 1.13 bits per heavy atom. The fourth-order valence-corrected chi connectivity index (χ4v) is 4.74. The fourth-order valence-electron chi connectivity index (χ4n) is 2.54. The van der Waals surface area contributed by atoms with Crippen molar-refractivity contribution in [3.8, 4) is 0 Å². The van der Waals surface area contributed by atoms with Gasteiger partial charge in [0.25, 0.3) is 0 Å². The highest BCUT2D eigenvalue weighted by Crippen LogP contribution is 2.64. The zero-order chi connectivity index (χ0) is 10.9. The Morgan fingerprint density at radius 3 is 2.00 bits per heavy atom. The van der Waals surface area contributed by atoms with Crippen molar-refractivity contribution in [2.45, 2.75) is 51.6 Å². The van der Waals surface area contributed by atoms with E-state index in [1.807, 2.05) is 18.5 Å². The predicted molar refractivity (Wildman–Crippen MR) is 58.7 cm³/mol. The van der Waals surface area contributed by atoms with Gasteiger partial charge in [0.05, 0.1) is 13.2 Å². The van der Waals surface area contributed by atoms with Crippen LogP contribution in [0.25, 0.3) is 0 Å². The maximum Gasteiger partial charge on any atom is 0.408 e. The molecule has 88 valence electrons. The lowest BCUT2D eigenvalue weighted by Gasteiger charge is -2.18. The molecular weight excluding hydrogens is 213 g/mol. The molecule has 1 heterocycles. The van der Waals surface area contributed by atoms with Crippen LogP contribution in [0.15, 0.2) is 0 Å². The smallest absolute Gasteiger partial charge is 0.297 e. The average molecular weight is 233 g/mol. The van der Waals surface area contributed by atoms with Crippen LogP contribution in [0.1, 0.15) is 39.5 Å². The Bertz CT molecular complexity index is 249. The lowest BCUT2D eigenvalue weighted by atomic mass is 10.0. The van der Waals surface area contributed by atoms with Crippen LogP contribution in [0.3, 0.4) is 0 Å². The second kappa shape index (κ2) is 4.54. The third-order valence-corrected chi connectivity index (χ3v) is 5.48. The van der Waals surface area contributed by atoms with Gasteiger partial charge in [-0.25, -0.2) is 4.57 Å². The van der Waals surface area contributed by atoms with Crippen molar-refractivity contribution in [1.29, 1.82) is 0 Å². The largest absolute Gasteiger partial charge is 0.408 e. The van der Waals surface area contributed by atoms with Crippen molar-refractivity contribution in [3.05, 3.63) is 0 Å². The summed E-state index contributed by atoms with van der Waals surface area (Å²) in [7, 11) is -2.95. The van der Waals surface area contributed by atoms with Crippen LogP contribution in [0, 0.1) is 0 Å². The van der Waals surface area contributed by atoms with Crippen molar-refractivity contribution in [2.24, 2.45) is 0 Å². The van der Waals surface area contributed by atoms with Gasteiger partial charge >= 0.3 is 7.75 Å². The summed E-state index contributed by atoms with van der Waals surface area (Å²) in [5.74, 6) is 0. The molecule has 2 aliphatic rings. The molecule has 5 heteroatoms. The molecule has 0 amide bonds. The van der Waals surface area contributed by atoms with Crippen molar-refractivity contribution in [3.63, 3.8) is 0 Å². The number of nitrogens with zero attached hydrogens (tertiary/aromatic N) is 1. The molecule has 1 aliphatic carbocycles. The van der Waals surface area contributed by atoms with E-state index in [-0.39, 0.29) is 0 Å². The standard InChI is InChI=1S/C10H20NO3P/c1-3-13-15(12,14-4-2)11-9-7-5-6-8-10(9)11/h9-10H,3-8H2,1-2H3. The summed E-state index contributed by atoms with van der Waals surface area (Å²) in [6.07, 6.45) is 4.79. The van der Waals surface area contributed by atoms with Gasteiger partial charge in [0.2, 0.25) is 0 Å². The first-order valence-corrected chi connectivity index (χ1v) is 7.40. The van der Waals surface area contributed by atoms with Crippen molar-refractivity contribution >= 4 is 7.75 Å². The van der Waals surface area contributed by atoms with Gasteiger partial charge < -0.3 is 0 Å². The molecule has 1 aliphatic heterocycles. The third kappa shape index (κ3) is 2.14. The van der Waals surface area contributed by atoms with Crippen molar-refractivity contribution in [2.75, 3.05) is 13.2 Å². The molecule has 15 heavy (non-hydrogen) atoms. The zero-order valence-corrected chi connectivity index (χ0v) is 10.4. The molecule has 0 radical (unpaired) electrons. The average Bonchev–Trinajstić information content (AvgIpc) is 2.92. The Hall–Kier alpha value is 0.110. The zero-order valence-electron chi connectivity index (χ0n) is 9.52. The van der Waals surface area contributed by atoms with Crippen LogP contribution in [0.5, 0.6) is 0 Å². The van der Waals surface area contributed by atoms with Crippen molar-refractivity contribution < 1.29 is 13.6 Å². The first-order valence-electron chi connectivity index (χ1n) is 5.91. The van der Waals surface area contributed by atoms with Gasteiger partial charge in [-0.15, -0.1) is 0 Å². The van der Waals surface area contributed by atoms with E-state index in [1.54, 1.807) is 0 Å². The van der Waals surface area contributed by atoms with E-state index < -0.39 is 7.75 Å². The van der Waals surface area contributed by atoms with Crippen LogP contribution in [-0.4, -0.2) is 30.0 Å². The number of rotatable bonds is 5. The van der Waals surface area contributed by atoms with Crippen LogP contribution in [0.4, 0.5) is 0 Å². The molecule has 1 saturated heterocycles. The lowest BCUT2D eigenvalue weighted by molar-refractivity contribution is 0.193. The molecule has 0 aromatic carbocycles. The summed E-state index contributed by atoms with van der Waals surface area (Å²) >= 11 is 0. The van der Waals surface area contributed by atoms with E-state index >= 15 is 0 Å². The minimum absolute atomic E-state index is 0.452. The quantitative estimate of drug-likeness (QED) is 0.540. The molecule has 2 atom stereocenters. The SMILES string of the molecule is CCOP(=O)(OCC)N1C2CCCCC21. The second-order valence-electron chi connectivity index (χ2n) is 4.10. The summed E-state index contributed by atoms with van der Waals surface area (Å²) in [4.78, 5) is 0. The lowest BCUT2D eigenvalue weighted by Crippen LogP contribution is -2.07. The second-order valence-corrected chi connectivity index (χ2v) is 6.02. The van der Waals surface area contributed by atoms with Gasteiger partial charge in [-0.05, 0) is 26.7 Å². The van der Waals surface area contributed by atoms with E-state index in [2.05, 4.69) is 0 Å². The van der Waals surface area contributed by atoms with E-state index in [1.165, 1.54) is 12.8 Å². The molecule has 2 rings (SSSR count). The third-order valence-electron chi connectivity index (χ3n) is 3.15. The Kier molecular flexibility index (Phi) is 3.51. The minimum Gasteiger partial charge on any atom is -0.297 e. The highest BCUT2D eigenvalue weighted by Gasteiger charge is 2.59. The first kappa shape index (κ1) is 11.6. The predicted octanol–water partition coefficient (Wildman–Crippen LogP) is 2.79. The molecule has 4 nitrogen and oxygen atoms in total. The molecule has 0 bridgehead atoms. The molecule has 0 aromatic rings. The van der Waals surface area contributed by atoms with E-state index in [0.717, 1.165) is 12.8 Å². The number of hydrogen-bond donors (Lipinski definition) is 0. The minimum atomic E-state index is -2.95. The Balaban J connectivity index is 2.03. The van der Waals surface area contributed by atoms with Crippen molar-refractivity contribution in [1.82, 2.24) is 4.67 Å². The van der Waals surface area contributed by atoms with Gasteiger partial charge in [0.1, 0.15) is 0 Å². The van der Waals surface area contributed by atoms with Crippen LogP contribution >= 0.6 is 7.75 Å². The summed E-state index contributed by atoms with van der Waals surface area (Å²) in [5, 5.41) is 0. The Labute approximate surface area is 91.5 Å². The molecule has 0 spiro atoms. The van der Waals surface area contributed by atoms with Gasteiger partial charge in [0, 0.05) is 12.1 Å². The van der Waals surface area contributed by atoms with Gasteiger partial charge in [-0.1, -0.05) is 12.8 Å². The van der Waals surface area contributed by atoms with Crippen LogP contribution < -0.4 is 0 Å². The highest BCUT2D eigenvalue weighted by molar-refractivity contribution is 7.51. The first-order chi connectivity index (χ1) is 7.23. The van der Waals surface area contributed by atoms with E-state index in [4.69, 9.17) is 9.05 Å². The monoisotopic (exact) mass is 233 g/mol. The summed E-state index contributed by atoms with van der Waals surface area (Å²) in [5.41, 5.74) is 0. The van der Waals surface area contributed by atoms with Crippen LogP contribution in [-0.2, 0) is 13.6 Å². The van der Waals surface area contributed by atoms with Gasteiger partial charge in [0.15, 0.2) is 0 Å². The van der Waals surface area contributed by atoms with Crippen LogP contribution in [0.2, 0.25) is 0 Å². The molecule has 2 fully saturated rings. The topological polar surface area (TPSA) is 38.5 Å². The molecule has 0 aromatic heterocycles. The van der Waals surface area contributed by atoms with Gasteiger partial charge in [-0.2, -0.15) is 4.67 Å². The van der Waals surface area contributed by atoms with E-state index in [9.17, 15) is 4.57 Å².